The van der Waals surface area contributed by atoms with Crippen LogP contribution in [-0.2, 0) is 11.3 Å². The standard InChI is InChI=1S/C18H22N2O2/c1-4-21-16-10-6-5-8-14(16)12-20-11-7-9-15(20)17-19-18(2,3)13-22-17/h5-11H,4,12-13H2,1-3H3. The van der Waals surface area contributed by atoms with Gasteiger partial charge in [-0.1, -0.05) is 18.2 Å². The van der Waals surface area contributed by atoms with Gasteiger partial charge in [-0.3, -0.25) is 0 Å². The van der Waals surface area contributed by atoms with Crippen LogP contribution in [0, 0.1) is 0 Å². The van der Waals surface area contributed by atoms with E-state index in [1.807, 2.05) is 37.3 Å². The third kappa shape index (κ3) is 3.01. The van der Waals surface area contributed by atoms with E-state index in [0.29, 0.717) is 13.2 Å². The first kappa shape index (κ1) is 14.7. The summed E-state index contributed by atoms with van der Waals surface area (Å²) in [6.45, 7) is 8.19. The van der Waals surface area contributed by atoms with E-state index >= 15 is 0 Å². The minimum Gasteiger partial charge on any atom is -0.494 e. The molecule has 0 spiro atoms. The summed E-state index contributed by atoms with van der Waals surface area (Å²) in [5.41, 5.74) is 2.02. The third-order valence-electron chi connectivity index (χ3n) is 3.63. The van der Waals surface area contributed by atoms with Gasteiger partial charge in [-0.25, -0.2) is 4.99 Å². The van der Waals surface area contributed by atoms with Crippen LogP contribution >= 0.6 is 0 Å². The number of aromatic nitrogens is 1. The van der Waals surface area contributed by atoms with Gasteiger partial charge in [0.05, 0.1) is 18.7 Å². The fourth-order valence-corrected chi connectivity index (χ4v) is 2.58. The zero-order chi connectivity index (χ0) is 15.6. The molecule has 4 heteroatoms. The van der Waals surface area contributed by atoms with Crippen molar-refractivity contribution in [2.75, 3.05) is 13.2 Å². The molecule has 0 unspecified atom stereocenters. The van der Waals surface area contributed by atoms with Crippen LogP contribution in [0.15, 0.2) is 47.6 Å². The predicted molar refractivity (Wildman–Crippen MR) is 87.7 cm³/mol. The highest BCUT2D eigenvalue weighted by Gasteiger charge is 2.28. The highest BCUT2D eigenvalue weighted by Crippen LogP contribution is 2.23. The molecular weight excluding hydrogens is 276 g/mol. The van der Waals surface area contributed by atoms with E-state index in [-0.39, 0.29) is 5.54 Å². The number of nitrogens with zero attached hydrogens (tertiary/aromatic N) is 2. The van der Waals surface area contributed by atoms with Gasteiger partial charge in [0.25, 0.3) is 0 Å². The van der Waals surface area contributed by atoms with Crippen molar-refractivity contribution in [2.45, 2.75) is 32.9 Å². The van der Waals surface area contributed by atoms with Crippen LogP contribution in [-0.4, -0.2) is 29.2 Å². The largest absolute Gasteiger partial charge is 0.494 e. The van der Waals surface area contributed by atoms with Crippen LogP contribution in [0.3, 0.4) is 0 Å². The summed E-state index contributed by atoms with van der Waals surface area (Å²) in [5, 5.41) is 0. The quantitative estimate of drug-likeness (QED) is 0.847. The Bertz CT molecular complexity index is 686. The number of benzene rings is 1. The Morgan fingerprint density at radius 1 is 1.23 bits per heavy atom. The summed E-state index contributed by atoms with van der Waals surface area (Å²) in [6, 6.07) is 12.2. The minimum atomic E-state index is -0.145. The molecule has 0 aliphatic carbocycles. The number of aliphatic imine (C=N–C) groups is 1. The number of hydrogen-bond acceptors (Lipinski definition) is 3. The fourth-order valence-electron chi connectivity index (χ4n) is 2.58. The van der Waals surface area contributed by atoms with Crippen LogP contribution in [0.1, 0.15) is 32.0 Å². The van der Waals surface area contributed by atoms with E-state index in [0.717, 1.165) is 29.4 Å². The number of hydrogen-bond donors (Lipinski definition) is 0. The van der Waals surface area contributed by atoms with Gasteiger partial charge in [-0.05, 0) is 39.0 Å². The van der Waals surface area contributed by atoms with Crippen LogP contribution < -0.4 is 4.74 Å². The first-order chi connectivity index (χ1) is 10.6. The average molecular weight is 298 g/mol. The van der Waals surface area contributed by atoms with E-state index < -0.39 is 0 Å². The molecule has 1 aliphatic rings. The maximum Gasteiger partial charge on any atom is 0.234 e. The van der Waals surface area contributed by atoms with Crippen molar-refractivity contribution in [3.8, 4) is 5.75 Å². The van der Waals surface area contributed by atoms with Gasteiger partial charge in [0.15, 0.2) is 0 Å². The summed E-state index contributed by atoms with van der Waals surface area (Å²) >= 11 is 0. The van der Waals surface area contributed by atoms with E-state index in [9.17, 15) is 0 Å². The highest BCUT2D eigenvalue weighted by molar-refractivity contribution is 5.94. The monoisotopic (exact) mass is 298 g/mol. The maximum atomic E-state index is 5.77. The summed E-state index contributed by atoms with van der Waals surface area (Å²) < 4.78 is 13.6. The average Bonchev–Trinajstić information content (AvgIpc) is 3.07. The third-order valence-corrected chi connectivity index (χ3v) is 3.63. The molecule has 0 saturated heterocycles. The molecular formula is C18H22N2O2. The van der Waals surface area contributed by atoms with E-state index in [4.69, 9.17) is 9.47 Å². The fraction of sp³-hybridized carbons (Fsp3) is 0.389. The van der Waals surface area contributed by atoms with Crippen molar-refractivity contribution in [2.24, 2.45) is 4.99 Å². The number of rotatable bonds is 5. The first-order valence-corrected chi connectivity index (χ1v) is 7.68. The molecule has 3 rings (SSSR count). The van der Waals surface area contributed by atoms with Gasteiger partial charge in [0.2, 0.25) is 5.90 Å². The number of ether oxygens (including phenoxy) is 2. The summed E-state index contributed by atoms with van der Waals surface area (Å²) in [5.74, 6) is 1.66. The van der Waals surface area contributed by atoms with Crippen molar-refractivity contribution in [1.82, 2.24) is 4.57 Å². The van der Waals surface area contributed by atoms with Gasteiger partial charge in [0, 0.05) is 11.8 Å². The van der Waals surface area contributed by atoms with Crippen molar-refractivity contribution in [1.29, 1.82) is 0 Å². The molecule has 1 aliphatic heterocycles. The first-order valence-electron chi connectivity index (χ1n) is 7.68. The molecule has 0 amide bonds. The van der Waals surface area contributed by atoms with Crippen LogP contribution in [0.5, 0.6) is 5.75 Å². The van der Waals surface area contributed by atoms with Crippen LogP contribution in [0.4, 0.5) is 0 Å². The topological polar surface area (TPSA) is 35.8 Å². The lowest BCUT2D eigenvalue weighted by molar-refractivity contribution is 0.278. The second kappa shape index (κ2) is 5.87. The Balaban J connectivity index is 1.88. The van der Waals surface area contributed by atoms with Crippen molar-refractivity contribution < 1.29 is 9.47 Å². The molecule has 22 heavy (non-hydrogen) atoms. The molecule has 0 N–H and O–H groups in total. The molecule has 0 atom stereocenters. The molecule has 0 saturated carbocycles. The number of para-hydroxylation sites is 1. The normalized spacial score (nSPS) is 16.2. The van der Waals surface area contributed by atoms with Gasteiger partial charge in [-0.2, -0.15) is 0 Å². The van der Waals surface area contributed by atoms with Crippen LogP contribution in [0.25, 0.3) is 0 Å². The second-order valence-electron chi connectivity index (χ2n) is 6.08. The molecule has 0 bridgehead atoms. The van der Waals surface area contributed by atoms with Gasteiger partial charge in [0.1, 0.15) is 18.1 Å². The zero-order valence-electron chi connectivity index (χ0n) is 13.4. The predicted octanol–water partition coefficient (Wildman–Crippen LogP) is 3.49. The highest BCUT2D eigenvalue weighted by atomic mass is 16.5. The lowest BCUT2D eigenvalue weighted by atomic mass is 10.1. The Labute approximate surface area is 131 Å². The molecule has 116 valence electrons. The smallest absolute Gasteiger partial charge is 0.234 e. The summed E-state index contributed by atoms with van der Waals surface area (Å²) in [7, 11) is 0. The molecule has 4 nitrogen and oxygen atoms in total. The molecule has 2 heterocycles. The van der Waals surface area contributed by atoms with Gasteiger partial charge in [-0.15, -0.1) is 0 Å². The van der Waals surface area contributed by atoms with Crippen LogP contribution in [0.2, 0.25) is 0 Å². The Morgan fingerprint density at radius 2 is 2.05 bits per heavy atom. The molecule has 0 fully saturated rings. The van der Waals surface area contributed by atoms with Crippen molar-refractivity contribution >= 4 is 5.90 Å². The summed E-state index contributed by atoms with van der Waals surface area (Å²) in [4.78, 5) is 4.67. The molecule has 2 aromatic rings. The molecule has 1 aromatic heterocycles. The zero-order valence-corrected chi connectivity index (χ0v) is 13.4. The SMILES string of the molecule is CCOc1ccccc1Cn1cccc1C1=NC(C)(C)CO1. The van der Waals surface area contributed by atoms with E-state index in [1.165, 1.54) is 0 Å². The lowest BCUT2D eigenvalue weighted by Crippen LogP contribution is -2.17. The Kier molecular flexibility index (Phi) is 3.92. The van der Waals surface area contributed by atoms with Gasteiger partial charge >= 0.3 is 0 Å². The van der Waals surface area contributed by atoms with Crippen molar-refractivity contribution in [3.05, 3.63) is 53.9 Å². The second-order valence-corrected chi connectivity index (χ2v) is 6.08. The van der Waals surface area contributed by atoms with Gasteiger partial charge < -0.3 is 14.0 Å². The Hall–Kier alpha value is -2.23. The van der Waals surface area contributed by atoms with E-state index in [2.05, 4.69) is 35.7 Å². The lowest BCUT2D eigenvalue weighted by Gasteiger charge is -2.13. The molecule has 1 aromatic carbocycles. The van der Waals surface area contributed by atoms with Crippen molar-refractivity contribution in [3.63, 3.8) is 0 Å². The Morgan fingerprint density at radius 3 is 2.77 bits per heavy atom. The van der Waals surface area contributed by atoms with E-state index in [1.54, 1.807) is 0 Å². The molecule has 0 radical (unpaired) electrons. The maximum absolute atomic E-state index is 5.77. The summed E-state index contributed by atoms with van der Waals surface area (Å²) in [6.07, 6.45) is 2.05. The minimum absolute atomic E-state index is 0.145.